The summed E-state index contributed by atoms with van der Waals surface area (Å²) >= 11 is 14.0. The first-order valence-electron chi connectivity index (χ1n) is 5.22. The maximum Gasteiger partial charge on any atom is 0.120 e. The lowest BCUT2D eigenvalue weighted by molar-refractivity contribution is 0.469. The van der Waals surface area contributed by atoms with Crippen LogP contribution in [0.2, 0.25) is 10.0 Å². The van der Waals surface area contributed by atoms with E-state index >= 15 is 0 Å². The summed E-state index contributed by atoms with van der Waals surface area (Å²) in [5.74, 6) is 0.232. The van der Waals surface area contributed by atoms with E-state index in [2.05, 4.69) is 27.9 Å². The van der Waals surface area contributed by atoms with Gasteiger partial charge in [0.05, 0.1) is 0 Å². The van der Waals surface area contributed by atoms with Crippen molar-refractivity contribution in [3.8, 4) is 5.75 Å². The summed E-state index contributed by atoms with van der Waals surface area (Å²) in [6, 6.07) is 10.6. The molecule has 0 fully saturated rings. The van der Waals surface area contributed by atoms with Crippen LogP contribution in [0.4, 0.5) is 5.69 Å². The molecule has 2 N–H and O–H groups in total. The molecule has 2 nitrogen and oxygen atoms in total. The van der Waals surface area contributed by atoms with Crippen LogP contribution in [0.15, 0.2) is 36.4 Å². The topological polar surface area (TPSA) is 32.3 Å². The van der Waals surface area contributed by atoms with Gasteiger partial charge in [-0.25, -0.2) is 0 Å². The molecular weight excluding hydrogens is 384 g/mol. The smallest absolute Gasteiger partial charge is 0.120 e. The van der Waals surface area contributed by atoms with E-state index in [1.165, 1.54) is 0 Å². The van der Waals surface area contributed by atoms with Crippen molar-refractivity contribution in [2.75, 3.05) is 5.32 Å². The maximum atomic E-state index is 9.70. The van der Waals surface area contributed by atoms with Crippen LogP contribution in [0.3, 0.4) is 0 Å². The van der Waals surface area contributed by atoms with E-state index in [4.69, 9.17) is 23.2 Å². The number of anilines is 1. The van der Waals surface area contributed by atoms with Crippen LogP contribution in [0.25, 0.3) is 0 Å². The summed E-state index contributed by atoms with van der Waals surface area (Å²) in [4.78, 5) is 0. The second-order valence-corrected chi connectivity index (χ2v) is 5.79. The van der Waals surface area contributed by atoms with Gasteiger partial charge in [-0.3, -0.25) is 0 Å². The third-order valence-electron chi connectivity index (χ3n) is 2.44. The Kier molecular flexibility index (Phi) is 4.59. The first-order chi connectivity index (χ1) is 8.56. The molecule has 0 atom stereocenters. The summed E-state index contributed by atoms with van der Waals surface area (Å²) in [7, 11) is 0. The third kappa shape index (κ3) is 3.43. The van der Waals surface area contributed by atoms with E-state index in [1.54, 1.807) is 18.2 Å². The SMILES string of the molecule is Oc1ccc(Cl)cc1CNc1ccc(Cl)cc1I. The highest BCUT2D eigenvalue weighted by Crippen LogP contribution is 2.25. The zero-order chi connectivity index (χ0) is 13.1. The first-order valence-corrected chi connectivity index (χ1v) is 7.06. The molecule has 0 unspecified atom stereocenters. The molecule has 0 saturated carbocycles. The first kappa shape index (κ1) is 13.8. The number of halogens is 3. The van der Waals surface area contributed by atoms with Crippen LogP contribution in [0.5, 0.6) is 5.75 Å². The van der Waals surface area contributed by atoms with Crippen molar-refractivity contribution in [1.29, 1.82) is 0 Å². The van der Waals surface area contributed by atoms with Gasteiger partial charge in [0.25, 0.3) is 0 Å². The van der Waals surface area contributed by atoms with Crippen LogP contribution in [-0.2, 0) is 6.54 Å². The molecule has 0 saturated heterocycles. The molecule has 0 aliphatic carbocycles. The van der Waals surface area contributed by atoms with E-state index in [9.17, 15) is 5.11 Å². The molecule has 18 heavy (non-hydrogen) atoms. The molecule has 94 valence electrons. The highest BCUT2D eigenvalue weighted by Gasteiger charge is 2.04. The van der Waals surface area contributed by atoms with Gasteiger partial charge >= 0.3 is 0 Å². The maximum absolute atomic E-state index is 9.70. The lowest BCUT2D eigenvalue weighted by atomic mass is 10.2. The number of phenolic OH excluding ortho intramolecular Hbond substituents is 1. The number of hydrogen-bond acceptors (Lipinski definition) is 2. The minimum absolute atomic E-state index is 0.232. The predicted octanol–water partition coefficient (Wildman–Crippen LogP) is 4.92. The third-order valence-corrected chi connectivity index (χ3v) is 3.80. The minimum atomic E-state index is 0.232. The van der Waals surface area contributed by atoms with Crippen LogP contribution in [-0.4, -0.2) is 5.11 Å². The van der Waals surface area contributed by atoms with Crippen LogP contribution in [0, 0.1) is 3.57 Å². The minimum Gasteiger partial charge on any atom is -0.508 e. The highest BCUT2D eigenvalue weighted by atomic mass is 127. The standard InChI is InChI=1S/C13H10Cl2INO/c14-9-2-4-13(18)8(5-9)7-17-12-3-1-10(15)6-11(12)16/h1-6,17-18H,7H2. The highest BCUT2D eigenvalue weighted by molar-refractivity contribution is 14.1. The summed E-state index contributed by atoms with van der Waals surface area (Å²) in [5, 5.41) is 14.3. The lowest BCUT2D eigenvalue weighted by Gasteiger charge is -2.10. The Hall–Kier alpha value is -0.650. The van der Waals surface area contributed by atoms with E-state index < -0.39 is 0 Å². The Morgan fingerprint density at radius 3 is 2.44 bits per heavy atom. The van der Waals surface area contributed by atoms with Gasteiger partial charge in [-0.15, -0.1) is 0 Å². The van der Waals surface area contributed by atoms with Gasteiger partial charge in [0.2, 0.25) is 0 Å². The fourth-order valence-electron chi connectivity index (χ4n) is 1.52. The zero-order valence-corrected chi connectivity index (χ0v) is 12.9. The Balaban J connectivity index is 2.13. The van der Waals surface area contributed by atoms with E-state index in [-0.39, 0.29) is 5.75 Å². The second-order valence-electron chi connectivity index (χ2n) is 3.75. The van der Waals surface area contributed by atoms with Crippen molar-refractivity contribution in [2.45, 2.75) is 6.54 Å². The van der Waals surface area contributed by atoms with Gasteiger partial charge < -0.3 is 10.4 Å². The summed E-state index contributed by atoms with van der Waals surface area (Å²) < 4.78 is 1.03. The van der Waals surface area contributed by atoms with Crippen molar-refractivity contribution in [3.63, 3.8) is 0 Å². The Morgan fingerprint density at radius 1 is 1.06 bits per heavy atom. The summed E-state index contributed by atoms with van der Waals surface area (Å²) in [6.07, 6.45) is 0. The molecule has 0 radical (unpaired) electrons. The number of benzene rings is 2. The molecule has 2 rings (SSSR count). The molecule has 0 heterocycles. The van der Waals surface area contributed by atoms with Gasteiger partial charge in [0, 0.05) is 31.4 Å². The monoisotopic (exact) mass is 393 g/mol. The van der Waals surface area contributed by atoms with E-state index in [0.717, 1.165) is 14.8 Å². The molecule has 0 amide bonds. The molecule has 0 aliphatic rings. The fraction of sp³-hybridized carbons (Fsp3) is 0.0769. The molecule has 0 aromatic heterocycles. The van der Waals surface area contributed by atoms with Gasteiger partial charge in [-0.1, -0.05) is 23.2 Å². The van der Waals surface area contributed by atoms with Crippen LogP contribution >= 0.6 is 45.8 Å². The van der Waals surface area contributed by atoms with Crippen molar-refractivity contribution in [2.24, 2.45) is 0 Å². The number of phenols is 1. The number of rotatable bonds is 3. The largest absolute Gasteiger partial charge is 0.508 e. The van der Waals surface area contributed by atoms with Crippen molar-refractivity contribution < 1.29 is 5.11 Å². The quantitative estimate of drug-likeness (QED) is 0.725. The van der Waals surface area contributed by atoms with E-state index in [0.29, 0.717) is 16.6 Å². The van der Waals surface area contributed by atoms with Crippen molar-refractivity contribution >= 4 is 51.5 Å². The number of hydrogen-bond donors (Lipinski definition) is 2. The molecule has 0 spiro atoms. The molecule has 2 aromatic carbocycles. The Labute approximate surface area is 129 Å². The zero-order valence-electron chi connectivity index (χ0n) is 9.25. The normalized spacial score (nSPS) is 10.4. The Morgan fingerprint density at radius 2 is 1.72 bits per heavy atom. The molecule has 0 bridgehead atoms. The van der Waals surface area contributed by atoms with Gasteiger partial charge in [0.15, 0.2) is 0 Å². The molecule has 2 aromatic rings. The predicted molar refractivity (Wildman–Crippen MR) is 84.6 cm³/mol. The molecule has 5 heteroatoms. The summed E-state index contributed by atoms with van der Waals surface area (Å²) in [6.45, 7) is 0.504. The number of aromatic hydroxyl groups is 1. The van der Waals surface area contributed by atoms with Gasteiger partial charge in [-0.2, -0.15) is 0 Å². The van der Waals surface area contributed by atoms with Crippen LogP contribution in [0.1, 0.15) is 5.56 Å². The van der Waals surface area contributed by atoms with Gasteiger partial charge in [-0.05, 0) is 59.0 Å². The lowest BCUT2D eigenvalue weighted by Crippen LogP contribution is -2.01. The Bertz CT molecular complexity index is 575. The second kappa shape index (κ2) is 5.99. The summed E-state index contributed by atoms with van der Waals surface area (Å²) in [5.41, 5.74) is 1.73. The van der Waals surface area contributed by atoms with Gasteiger partial charge in [0.1, 0.15) is 5.75 Å². The van der Waals surface area contributed by atoms with Crippen molar-refractivity contribution in [3.05, 3.63) is 55.6 Å². The number of nitrogens with one attached hydrogen (secondary N) is 1. The molecule has 0 aliphatic heterocycles. The fourth-order valence-corrected chi connectivity index (χ4v) is 2.78. The average molecular weight is 394 g/mol. The van der Waals surface area contributed by atoms with Crippen LogP contribution < -0.4 is 5.32 Å². The van der Waals surface area contributed by atoms with E-state index in [1.807, 2.05) is 18.2 Å². The average Bonchev–Trinajstić information content (AvgIpc) is 2.32. The van der Waals surface area contributed by atoms with Crippen molar-refractivity contribution in [1.82, 2.24) is 0 Å². The molecular formula is C13H10Cl2INO.